The van der Waals surface area contributed by atoms with E-state index in [1.807, 2.05) is 25.9 Å². The first kappa shape index (κ1) is 14.1. The molecule has 7 heteroatoms. The molecular formula is C11H20N2O4S. The van der Waals surface area contributed by atoms with Gasteiger partial charge in [0, 0.05) is 21.2 Å². The Balaban J connectivity index is 2.14. The van der Waals surface area contributed by atoms with Crippen LogP contribution in [0.25, 0.3) is 0 Å². The third-order valence-electron chi connectivity index (χ3n) is 3.30. The minimum Gasteiger partial charge on any atom is -0.388 e. The zero-order chi connectivity index (χ0) is 13.4. The van der Waals surface area contributed by atoms with E-state index >= 15 is 0 Å². The fraction of sp³-hybridized carbons (Fsp3) is 0.909. The van der Waals surface area contributed by atoms with Crippen LogP contribution in [0.15, 0.2) is 4.99 Å². The number of methoxy groups -OCH3 is 1. The van der Waals surface area contributed by atoms with Crippen molar-refractivity contribution in [2.75, 3.05) is 21.2 Å². The van der Waals surface area contributed by atoms with Crippen LogP contribution in [-0.2, 0) is 9.47 Å². The van der Waals surface area contributed by atoms with E-state index in [1.54, 1.807) is 7.11 Å². The largest absolute Gasteiger partial charge is 0.388 e. The van der Waals surface area contributed by atoms with Crippen LogP contribution in [0.5, 0.6) is 0 Å². The molecule has 6 atom stereocenters. The van der Waals surface area contributed by atoms with Crippen molar-refractivity contribution in [3.63, 3.8) is 0 Å². The zero-order valence-corrected chi connectivity index (χ0v) is 11.8. The van der Waals surface area contributed by atoms with Crippen LogP contribution in [0.3, 0.4) is 0 Å². The summed E-state index contributed by atoms with van der Waals surface area (Å²) in [5, 5.41) is 21.0. The van der Waals surface area contributed by atoms with E-state index in [1.165, 1.54) is 11.8 Å². The lowest BCUT2D eigenvalue weighted by Gasteiger charge is -2.40. The van der Waals surface area contributed by atoms with Gasteiger partial charge >= 0.3 is 0 Å². The van der Waals surface area contributed by atoms with Crippen LogP contribution in [0, 0.1) is 0 Å². The van der Waals surface area contributed by atoms with Crippen molar-refractivity contribution in [2.24, 2.45) is 4.99 Å². The Hall–Kier alpha value is -0.340. The molecule has 18 heavy (non-hydrogen) atoms. The monoisotopic (exact) mass is 276 g/mol. The van der Waals surface area contributed by atoms with Crippen LogP contribution in [0.2, 0.25) is 0 Å². The molecule has 2 N–H and O–H groups in total. The van der Waals surface area contributed by atoms with Gasteiger partial charge < -0.3 is 24.6 Å². The molecule has 1 saturated heterocycles. The predicted molar refractivity (Wildman–Crippen MR) is 69.6 cm³/mol. The fourth-order valence-corrected chi connectivity index (χ4v) is 3.26. The summed E-state index contributed by atoms with van der Waals surface area (Å²) in [6, 6.07) is -0.414. The lowest BCUT2D eigenvalue weighted by Crippen LogP contribution is -2.58. The van der Waals surface area contributed by atoms with Gasteiger partial charge in [-0.3, -0.25) is 4.99 Å². The summed E-state index contributed by atoms with van der Waals surface area (Å²) in [6.45, 7) is 1.81. The van der Waals surface area contributed by atoms with Gasteiger partial charge in [0.15, 0.2) is 5.17 Å². The Labute approximate surface area is 111 Å². The molecule has 0 aliphatic carbocycles. The second-order valence-electron chi connectivity index (χ2n) is 4.81. The number of nitrogens with zero attached hydrogens (tertiary/aromatic N) is 2. The number of aliphatic hydroxyl groups is 2. The van der Waals surface area contributed by atoms with Crippen molar-refractivity contribution in [1.82, 2.24) is 4.90 Å². The Morgan fingerprint density at radius 2 is 2.06 bits per heavy atom. The molecule has 2 aliphatic rings. The van der Waals surface area contributed by atoms with Crippen molar-refractivity contribution in [2.45, 2.75) is 42.8 Å². The number of aliphatic imine (C=N–C) groups is 1. The maximum Gasteiger partial charge on any atom is 0.161 e. The van der Waals surface area contributed by atoms with Crippen LogP contribution < -0.4 is 0 Å². The minimum atomic E-state index is -0.980. The fourth-order valence-electron chi connectivity index (χ4n) is 2.11. The van der Waals surface area contributed by atoms with Crippen LogP contribution in [0.4, 0.5) is 0 Å². The zero-order valence-electron chi connectivity index (χ0n) is 11.0. The lowest BCUT2D eigenvalue weighted by molar-refractivity contribution is -0.186. The van der Waals surface area contributed by atoms with E-state index in [0.29, 0.717) is 0 Å². The number of thioether (sulfide) groups is 1. The van der Waals surface area contributed by atoms with Crippen LogP contribution in [0.1, 0.15) is 6.92 Å². The van der Waals surface area contributed by atoms with E-state index in [-0.39, 0.29) is 11.5 Å². The highest BCUT2D eigenvalue weighted by Gasteiger charge is 2.49. The van der Waals surface area contributed by atoms with Crippen molar-refractivity contribution < 1.29 is 19.7 Å². The van der Waals surface area contributed by atoms with Gasteiger partial charge in [0.1, 0.15) is 29.8 Å². The number of hydrogen-bond acceptors (Lipinski definition) is 7. The maximum absolute atomic E-state index is 10.1. The topological polar surface area (TPSA) is 74.5 Å². The van der Waals surface area contributed by atoms with E-state index in [9.17, 15) is 10.2 Å². The summed E-state index contributed by atoms with van der Waals surface area (Å²) in [6.07, 6.45) is -2.71. The molecule has 0 amide bonds. The Bertz CT molecular complexity index is 339. The van der Waals surface area contributed by atoms with Crippen LogP contribution in [-0.4, -0.2) is 77.4 Å². The summed E-state index contributed by atoms with van der Waals surface area (Å²) >= 11 is 1.47. The normalized spacial score (nSPS) is 41.2. The first-order valence-corrected chi connectivity index (χ1v) is 6.80. The second kappa shape index (κ2) is 5.34. The highest BCUT2D eigenvalue weighted by atomic mass is 32.2. The number of ether oxygens (including phenoxy) is 2. The van der Waals surface area contributed by atoms with Gasteiger partial charge in [0.25, 0.3) is 0 Å². The highest BCUT2D eigenvalue weighted by Crippen LogP contribution is 2.37. The summed E-state index contributed by atoms with van der Waals surface area (Å²) in [4.78, 5) is 6.27. The molecule has 0 bridgehead atoms. The standard InChI is InChI=1S/C11H20N2O4S/c1-5(16-4)9-8(15)7(14)6-10(17-9)18-11(12-6)13(2)3/h5-10,14-15H,1-4H3. The first-order chi connectivity index (χ1) is 8.45. The Morgan fingerprint density at radius 1 is 1.39 bits per heavy atom. The Kier molecular flexibility index (Phi) is 4.18. The first-order valence-electron chi connectivity index (χ1n) is 5.92. The van der Waals surface area contributed by atoms with Gasteiger partial charge in [-0.05, 0) is 6.92 Å². The summed E-state index contributed by atoms with van der Waals surface area (Å²) < 4.78 is 11.0. The number of amidine groups is 1. The van der Waals surface area contributed by atoms with Crippen molar-refractivity contribution >= 4 is 16.9 Å². The molecule has 104 valence electrons. The summed E-state index contributed by atoms with van der Waals surface area (Å²) in [5.74, 6) is 0. The second-order valence-corrected chi connectivity index (χ2v) is 5.87. The van der Waals surface area contributed by atoms with Crippen molar-refractivity contribution in [1.29, 1.82) is 0 Å². The minimum absolute atomic E-state index is 0.261. The van der Waals surface area contributed by atoms with E-state index in [2.05, 4.69) is 4.99 Å². The quantitative estimate of drug-likeness (QED) is 0.708. The molecule has 0 radical (unpaired) electrons. The lowest BCUT2D eigenvalue weighted by atomic mass is 9.95. The van der Waals surface area contributed by atoms with Crippen molar-refractivity contribution in [3.8, 4) is 0 Å². The van der Waals surface area contributed by atoms with Gasteiger partial charge in [-0.25, -0.2) is 0 Å². The number of hydrogen-bond donors (Lipinski definition) is 2. The van der Waals surface area contributed by atoms with Crippen molar-refractivity contribution in [3.05, 3.63) is 0 Å². The molecule has 0 aromatic rings. The van der Waals surface area contributed by atoms with E-state index in [4.69, 9.17) is 9.47 Å². The third-order valence-corrected chi connectivity index (χ3v) is 4.61. The number of aliphatic hydroxyl groups excluding tert-OH is 2. The predicted octanol–water partition coefficient (Wildman–Crippen LogP) is -0.499. The van der Waals surface area contributed by atoms with E-state index < -0.39 is 24.4 Å². The molecule has 0 saturated carbocycles. The van der Waals surface area contributed by atoms with Gasteiger partial charge in [-0.2, -0.15) is 0 Å². The molecule has 0 aromatic carbocycles. The maximum atomic E-state index is 10.1. The number of fused-ring (bicyclic) bond motifs is 1. The summed E-state index contributed by atoms with van der Waals surface area (Å²) in [5.41, 5.74) is -0.261. The van der Waals surface area contributed by atoms with Crippen LogP contribution >= 0.6 is 11.8 Å². The molecule has 0 aromatic heterocycles. The van der Waals surface area contributed by atoms with Gasteiger partial charge in [-0.15, -0.1) is 0 Å². The van der Waals surface area contributed by atoms with Gasteiger partial charge in [0.2, 0.25) is 0 Å². The molecule has 2 heterocycles. The molecular weight excluding hydrogens is 256 g/mol. The molecule has 1 fully saturated rings. The average Bonchev–Trinajstić information content (AvgIpc) is 2.77. The molecule has 2 rings (SSSR count). The Morgan fingerprint density at radius 3 is 2.61 bits per heavy atom. The van der Waals surface area contributed by atoms with Gasteiger partial charge in [-0.1, -0.05) is 11.8 Å². The molecule has 6 unspecified atom stereocenters. The highest BCUT2D eigenvalue weighted by molar-refractivity contribution is 8.14. The SMILES string of the molecule is COC(C)C1OC2SC(N(C)C)=NC2C(O)C1O. The molecule has 2 aliphatic heterocycles. The molecule has 0 spiro atoms. The summed E-state index contributed by atoms with van der Waals surface area (Å²) in [7, 11) is 5.34. The molecule has 6 nitrogen and oxygen atoms in total. The van der Waals surface area contributed by atoms with Gasteiger partial charge in [0.05, 0.1) is 6.10 Å². The number of rotatable bonds is 2. The average molecular weight is 276 g/mol. The smallest absolute Gasteiger partial charge is 0.161 e. The third kappa shape index (κ3) is 2.37. The van der Waals surface area contributed by atoms with E-state index in [0.717, 1.165) is 5.17 Å².